The highest BCUT2D eigenvalue weighted by molar-refractivity contribution is 5.96. The molecule has 126 valence electrons. The number of anilines is 1. The largest absolute Gasteiger partial charge is 0.497 e. The van der Waals surface area contributed by atoms with E-state index in [0.29, 0.717) is 23.6 Å². The average molecular weight is 328 g/mol. The van der Waals surface area contributed by atoms with Crippen molar-refractivity contribution in [2.75, 3.05) is 19.5 Å². The van der Waals surface area contributed by atoms with E-state index in [2.05, 4.69) is 21.2 Å². The number of carbonyl (C=O) groups is 1. The van der Waals surface area contributed by atoms with Crippen LogP contribution in [0.15, 0.2) is 42.7 Å². The maximum absolute atomic E-state index is 12.5. The summed E-state index contributed by atoms with van der Waals surface area (Å²) in [6.07, 6.45) is 4.13. The van der Waals surface area contributed by atoms with Gasteiger partial charge in [0, 0.05) is 24.5 Å². The normalized spacial score (nSPS) is 19.8. The number of nitrogens with zero attached hydrogens (tertiary/aromatic N) is 1. The van der Waals surface area contributed by atoms with Crippen LogP contribution in [0.25, 0.3) is 0 Å². The smallest absolute Gasteiger partial charge is 0.243 e. The van der Waals surface area contributed by atoms with Crippen molar-refractivity contribution in [1.82, 2.24) is 15.8 Å². The molecule has 1 amide bonds. The van der Waals surface area contributed by atoms with Crippen molar-refractivity contribution in [3.05, 3.63) is 48.3 Å². The quantitative estimate of drug-likeness (QED) is 0.774. The summed E-state index contributed by atoms with van der Waals surface area (Å²) in [6, 6.07) is 8.88. The van der Waals surface area contributed by atoms with Crippen molar-refractivity contribution in [2.45, 2.75) is 18.5 Å². The molecule has 3 rings (SSSR count). The van der Waals surface area contributed by atoms with Gasteiger partial charge in [0.25, 0.3) is 0 Å². The number of rotatable bonds is 5. The van der Waals surface area contributed by atoms with Gasteiger partial charge in [-0.1, -0.05) is 0 Å². The second kappa shape index (κ2) is 7.29. The first-order valence-corrected chi connectivity index (χ1v) is 7.65. The van der Waals surface area contributed by atoms with Gasteiger partial charge in [0.15, 0.2) is 0 Å². The highest BCUT2D eigenvalue weighted by atomic mass is 16.5. The lowest BCUT2D eigenvalue weighted by Crippen LogP contribution is -2.39. The van der Waals surface area contributed by atoms with Gasteiger partial charge in [0.2, 0.25) is 5.91 Å². The van der Waals surface area contributed by atoms with Crippen LogP contribution < -0.4 is 25.6 Å². The fourth-order valence-electron chi connectivity index (χ4n) is 2.66. The summed E-state index contributed by atoms with van der Waals surface area (Å²) in [4.78, 5) is 16.5. The summed E-state index contributed by atoms with van der Waals surface area (Å²) in [6.45, 7) is 0. The molecule has 3 N–H and O–H groups in total. The fourth-order valence-corrected chi connectivity index (χ4v) is 2.66. The molecule has 1 aliphatic heterocycles. The number of hydrogen-bond donors (Lipinski definition) is 3. The monoisotopic (exact) mass is 328 g/mol. The molecule has 24 heavy (non-hydrogen) atoms. The molecule has 2 aromatic rings. The number of pyridine rings is 1. The number of carbonyl (C=O) groups excluding carboxylic acids is 1. The van der Waals surface area contributed by atoms with Crippen LogP contribution in [-0.4, -0.2) is 31.2 Å². The molecule has 0 bridgehead atoms. The van der Waals surface area contributed by atoms with Gasteiger partial charge >= 0.3 is 0 Å². The van der Waals surface area contributed by atoms with Crippen LogP contribution in [0, 0.1) is 0 Å². The Bertz CT molecular complexity index is 708. The number of nitrogens with one attached hydrogen (secondary N) is 3. The van der Waals surface area contributed by atoms with Crippen LogP contribution in [0.4, 0.5) is 5.69 Å². The Morgan fingerprint density at radius 2 is 1.96 bits per heavy atom. The van der Waals surface area contributed by atoms with Gasteiger partial charge < -0.3 is 14.8 Å². The lowest BCUT2D eigenvalue weighted by molar-refractivity contribution is -0.117. The summed E-state index contributed by atoms with van der Waals surface area (Å²) >= 11 is 0. The van der Waals surface area contributed by atoms with Crippen LogP contribution in [-0.2, 0) is 4.79 Å². The zero-order chi connectivity index (χ0) is 16.9. The van der Waals surface area contributed by atoms with Crippen LogP contribution in [0.3, 0.4) is 0 Å². The van der Waals surface area contributed by atoms with E-state index in [1.165, 1.54) is 0 Å². The van der Waals surface area contributed by atoms with Gasteiger partial charge in [0.1, 0.15) is 17.5 Å². The Morgan fingerprint density at radius 1 is 1.17 bits per heavy atom. The van der Waals surface area contributed by atoms with Gasteiger partial charge in [0.05, 0.1) is 19.9 Å². The Hall–Kier alpha value is -2.64. The van der Waals surface area contributed by atoms with E-state index < -0.39 is 0 Å². The van der Waals surface area contributed by atoms with Crippen LogP contribution >= 0.6 is 0 Å². The van der Waals surface area contributed by atoms with Gasteiger partial charge in [-0.15, -0.1) is 0 Å². The number of ether oxygens (including phenoxy) is 2. The minimum atomic E-state index is -0.338. The lowest BCUT2D eigenvalue weighted by atomic mass is 10.0. The number of aromatic nitrogens is 1. The first-order chi connectivity index (χ1) is 11.7. The second-order valence-electron chi connectivity index (χ2n) is 5.47. The number of benzene rings is 1. The molecule has 7 nitrogen and oxygen atoms in total. The zero-order valence-corrected chi connectivity index (χ0v) is 13.6. The molecule has 2 atom stereocenters. The molecule has 0 spiro atoms. The summed E-state index contributed by atoms with van der Waals surface area (Å²) in [7, 11) is 3.14. The molecule has 0 saturated carbocycles. The van der Waals surface area contributed by atoms with E-state index >= 15 is 0 Å². The predicted octanol–water partition coefficient (Wildman–Crippen LogP) is 1.65. The summed E-state index contributed by atoms with van der Waals surface area (Å²) in [5.74, 6) is 1.10. The standard InChI is InChI=1S/C17H20N4O3/c1-23-12-3-4-13(16(9-12)24-2)19-17(22)15-10-14(20-21-15)11-5-7-18-8-6-11/h3-9,14-15,20-21H,10H2,1-2H3,(H,19,22). The van der Waals surface area contributed by atoms with Gasteiger partial charge in [-0.3, -0.25) is 9.78 Å². The molecule has 1 fully saturated rings. The molecular weight excluding hydrogens is 308 g/mol. The molecule has 2 unspecified atom stereocenters. The number of hydrogen-bond acceptors (Lipinski definition) is 6. The molecule has 1 saturated heterocycles. The third-order valence-electron chi connectivity index (χ3n) is 3.99. The van der Waals surface area contributed by atoms with Crippen molar-refractivity contribution in [2.24, 2.45) is 0 Å². The van der Waals surface area contributed by atoms with E-state index in [1.807, 2.05) is 12.1 Å². The van der Waals surface area contributed by atoms with Gasteiger partial charge in [-0.2, -0.15) is 0 Å². The zero-order valence-electron chi connectivity index (χ0n) is 13.6. The third kappa shape index (κ3) is 3.47. The Kier molecular flexibility index (Phi) is 4.93. The molecule has 7 heteroatoms. The van der Waals surface area contributed by atoms with E-state index in [-0.39, 0.29) is 18.0 Å². The van der Waals surface area contributed by atoms with E-state index in [1.54, 1.807) is 44.8 Å². The van der Waals surface area contributed by atoms with E-state index in [4.69, 9.17) is 9.47 Å². The Balaban J connectivity index is 1.66. The van der Waals surface area contributed by atoms with Crippen molar-refractivity contribution in [3.63, 3.8) is 0 Å². The highest BCUT2D eigenvalue weighted by Gasteiger charge is 2.30. The SMILES string of the molecule is COc1ccc(NC(=O)C2CC(c3ccncc3)NN2)c(OC)c1. The third-order valence-corrected chi connectivity index (χ3v) is 3.99. The first kappa shape index (κ1) is 16.2. The average Bonchev–Trinajstić information content (AvgIpc) is 3.13. The molecule has 0 radical (unpaired) electrons. The predicted molar refractivity (Wildman–Crippen MR) is 89.8 cm³/mol. The molecule has 0 aliphatic carbocycles. The number of methoxy groups -OCH3 is 2. The van der Waals surface area contributed by atoms with Crippen molar-refractivity contribution in [1.29, 1.82) is 0 Å². The van der Waals surface area contributed by atoms with Crippen LogP contribution in [0.1, 0.15) is 18.0 Å². The molecule has 2 heterocycles. The topological polar surface area (TPSA) is 84.5 Å². The lowest BCUT2D eigenvalue weighted by Gasteiger charge is -2.14. The number of hydrazine groups is 1. The number of amides is 1. The van der Waals surface area contributed by atoms with E-state index in [9.17, 15) is 4.79 Å². The van der Waals surface area contributed by atoms with Gasteiger partial charge in [-0.05, 0) is 36.2 Å². The molecule has 1 aliphatic rings. The van der Waals surface area contributed by atoms with E-state index in [0.717, 1.165) is 5.56 Å². The second-order valence-corrected chi connectivity index (χ2v) is 5.47. The van der Waals surface area contributed by atoms with Gasteiger partial charge in [-0.25, -0.2) is 10.9 Å². The minimum Gasteiger partial charge on any atom is -0.497 e. The van der Waals surface area contributed by atoms with Crippen molar-refractivity contribution in [3.8, 4) is 11.5 Å². The Labute approximate surface area is 140 Å². The summed E-state index contributed by atoms with van der Waals surface area (Å²) in [5.41, 5.74) is 7.89. The van der Waals surface area contributed by atoms with Crippen molar-refractivity contribution >= 4 is 11.6 Å². The summed E-state index contributed by atoms with van der Waals surface area (Å²) < 4.78 is 10.5. The minimum absolute atomic E-state index is 0.0708. The summed E-state index contributed by atoms with van der Waals surface area (Å²) in [5, 5.41) is 2.89. The highest BCUT2D eigenvalue weighted by Crippen LogP contribution is 2.30. The van der Waals surface area contributed by atoms with Crippen molar-refractivity contribution < 1.29 is 14.3 Å². The Morgan fingerprint density at radius 3 is 2.67 bits per heavy atom. The fraction of sp³-hybridized carbons (Fsp3) is 0.294. The maximum atomic E-state index is 12.5. The van der Waals surface area contributed by atoms with Crippen LogP contribution in [0.5, 0.6) is 11.5 Å². The molecule has 1 aromatic heterocycles. The molecule has 1 aromatic carbocycles. The first-order valence-electron chi connectivity index (χ1n) is 7.65. The molecular formula is C17H20N4O3. The van der Waals surface area contributed by atoms with Crippen LogP contribution in [0.2, 0.25) is 0 Å². The maximum Gasteiger partial charge on any atom is 0.243 e.